The molecule has 0 aromatic heterocycles. The molecule has 32 heavy (non-hydrogen) atoms. The van der Waals surface area contributed by atoms with Crippen molar-refractivity contribution in [2.24, 2.45) is 5.92 Å². The lowest BCUT2D eigenvalue weighted by atomic mass is 9.83. The summed E-state index contributed by atoms with van der Waals surface area (Å²) in [6, 6.07) is -0.192. The van der Waals surface area contributed by atoms with E-state index < -0.39 is 47.3 Å². The van der Waals surface area contributed by atoms with E-state index in [1.165, 1.54) is 0 Å². The van der Waals surface area contributed by atoms with E-state index >= 15 is 0 Å². The Morgan fingerprint density at radius 3 is 2.56 bits per heavy atom. The van der Waals surface area contributed by atoms with Crippen molar-refractivity contribution >= 4 is 29.7 Å². The number of amides is 3. The number of imide groups is 1. The molecule has 1 saturated carbocycles. The zero-order valence-corrected chi connectivity index (χ0v) is 17.6. The number of hydrogen-bond acceptors (Lipinski definition) is 6. The maximum Gasteiger partial charge on any atom is 0.408 e. The van der Waals surface area contributed by atoms with Gasteiger partial charge in [-0.3, -0.25) is 4.79 Å². The molecule has 1 aromatic rings. The number of urea groups is 1. The predicted molar refractivity (Wildman–Crippen MR) is 105 cm³/mol. The number of fused-ring (bicyclic) bond motifs is 1. The van der Waals surface area contributed by atoms with Crippen molar-refractivity contribution in [1.29, 1.82) is 0 Å². The number of alkyl halides is 3. The van der Waals surface area contributed by atoms with Crippen LogP contribution in [-0.2, 0) is 9.59 Å². The first-order valence-corrected chi connectivity index (χ1v) is 11.0. The average molecular weight is 474 g/mol. The molecule has 1 aliphatic carbocycles. The van der Waals surface area contributed by atoms with Crippen LogP contribution in [0, 0.1) is 5.92 Å². The Kier molecular flexibility index (Phi) is 6.15. The van der Waals surface area contributed by atoms with Crippen LogP contribution < -0.4 is 14.8 Å². The van der Waals surface area contributed by atoms with Gasteiger partial charge < -0.3 is 19.9 Å². The molecule has 4 rings (SSSR count). The van der Waals surface area contributed by atoms with Crippen LogP contribution in [0.1, 0.15) is 32.1 Å². The van der Waals surface area contributed by atoms with E-state index in [1.807, 2.05) is 5.32 Å². The Labute approximate surface area is 185 Å². The summed E-state index contributed by atoms with van der Waals surface area (Å²) in [6.07, 6.45) is -2.02. The minimum Gasteiger partial charge on any atom is -0.480 e. The molecule has 2 fully saturated rings. The number of benzene rings is 1. The van der Waals surface area contributed by atoms with Gasteiger partial charge in [-0.05, 0) is 30.9 Å². The monoisotopic (exact) mass is 474 g/mol. The summed E-state index contributed by atoms with van der Waals surface area (Å²) in [6.45, 7) is -0.0254. The standard InChI is InChI=1S/C20H21F3N2O6S/c21-20(22,23)16(10-5-2-1-3-6-10)24-19(29)25-13(18(27)28)15(17(25)26)32-12-8-4-7-11-14(12)31-9-30-11/h4,7-8,10,13,15-16H,1-3,5-6,9H2,(H,24,29)(H,27,28)/t13-,15-,16-/m0/s1. The van der Waals surface area contributed by atoms with E-state index in [9.17, 15) is 32.7 Å². The van der Waals surface area contributed by atoms with E-state index in [4.69, 9.17) is 9.47 Å². The van der Waals surface area contributed by atoms with Gasteiger partial charge in [0.15, 0.2) is 17.5 Å². The van der Waals surface area contributed by atoms with E-state index in [1.54, 1.807) is 18.2 Å². The Morgan fingerprint density at radius 1 is 1.19 bits per heavy atom. The lowest BCUT2D eigenvalue weighted by Gasteiger charge is -2.43. The Bertz CT molecular complexity index is 921. The molecule has 3 atom stereocenters. The average Bonchev–Trinajstić information content (AvgIpc) is 3.22. The van der Waals surface area contributed by atoms with E-state index in [2.05, 4.69) is 0 Å². The fourth-order valence-electron chi connectivity index (χ4n) is 4.31. The minimum absolute atomic E-state index is 0.0254. The summed E-state index contributed by atoms with van der Waals surface area (Å²) in [5.41, 5.74) is 0. The first kappa shape index (κ1) is 22.6. The van der Waals surface area contributed by atoms with Gasteiger partial charge in [0, 0.05) is 0 Å². The molecule has 8 nitrogen and oxygen atoms in total. The minimum atomic E-state index is -4.71. The predicted octanol–water partition coefficient (Wildman–Crippen LogP) is 3.39. The summed E-state index contributed by atoms with van der Waals surface area (Å²) in [4.78, 5) is 37.9. The highest BCUT2D eigenvalue weighted by Gasteiger charge is 2.57. The molecule has 3 amide bonds. The topological polar surface area (TPSA) is 105 Å². The summed E-state index contributed by atoms with van der Waals surface area (Å²) < 4.78 is 51.5. The number of para-hydroxylation sites is 1. The Morgan fingerprint density at radius 2 is 1.91 bits per heavy atom. The molecule has 0 unspecified atom stereocenters. The third-order valence-electron chi connectivity index (χ3n) is 5.88. The summed E-state index contributed by atoms with van der Waals surface area (Å²) >= 11 is 0.875. The number of β-lactam (4-membered cyclic amide) rings is 1. The molecule has 2 N–H and O–H groups in total. The lowest BCUT2D eigenvalue weighted by molar-refractivity contribution is -0.170. The first-order valence-electron chi connectivity index (χ1n) is 10.2. The summed E-state index contributed by atoms with van der Waals surface area (Å²) in [5, 5.41) is 10.3. The van der Waals surface area contributed by atoms with Crippen LogP contribution >= 0.6 is 11.8 Å². The normalized spacial score (nSPS) is 24.1. The fraction of sp³-hybridized carbons (Fsp3) is 0.550. The number of halogens is 3. The van der Waals surface area contributed by atoms with Crippen LogP contribution in [0.4, 0.5) is 18.0 Å². The van der Waals surface area contributed by atoms with Crippen LogP contribution in [0.3, 0.4) is 0 Å². The maximum absolute atomic E-state index is 13.6. The number of carbonyl (C=O) groups excluding carboxylic acids is 2. The van der Waals surface area contributed by atoms with Crippen LogP contribution in [0.2, 0.25) is 0 Å². The zero-order valence-electron chi connectivity index (χ0n) is 16.8. The van der Waals surface area contributed by atoms with Crippen molar-refractivity contribution < 1.29 is 42.1 Å². The third kappa shape index (κ3) is 4.19. The van der Waals surface area contributed by atoms with Gasteiger partial charge in [0.05, 0.1) is 4.90 Å². The zero-order chi connectivity index (χ0) is 23.0. The quantitative estimate of drug-likeness (QED) is 0.631. The molecular formula is C20H21F3N2O6S. The first-order chi connectivity index (χ1) is 15.2. The van der Waals surface area contributed by atoms with Gasteiger partial charge in [-0.15, -0.1) is 11.8 Å². The van der Waals surface area contributed by atoms with E-state index in [0.717, 1.165) is 18.2 Å². The second-order valence-corrected chi connectivity index (χ2v) is 9.07. The molecule has 1 aromatic carbocycles. The molecule has 0 radical (unpaired) electrons. The number of carboxylic acids is 1. The van der Waals surface area contributed by atoms with Gasteiger partial charge in [-0.1, -0.05) is 25.3 Å². The van der Waals surface area contributed by atoms with Crippen LogP contribution in [0.5, 0.6) is 11.5 Å². The van der Waals surface area contributed by atoms with Crippen molar-refractivity contribution in [3.05, 3.63) is 18.2 Å². The van der Waals surface area contributed by atoms with Crippen LogP contribution in [0.25, 0.3) is 0 Å². The number of nitrogens with zero attached hydrogens (tertiary/aromatic N) is 1. The molecule has 3 aliphatic rings. The van der Waals surface area contributed by atoms with Crippen molar-refractivity contribution in [3.8, 4) is 11.5 Å². The van der Waals surface area contributed by atoms with Crippen molar-refractivity contribution in [2.75, 3.05) is 6.79 Å². The van der Waals surface area contributed by atoms with Gasteiger partial charge in [-0.2, -0.15) is 13.2 Å². The Balaban J connectivity index is 1.49. The molecule has 0 bridgehead atoms. The number of carboxylic acid groups (broad SMARTS) is 1. The van der Waals surface area contributed by atoms with Gasteiger partial charge in [0.25, 0.3) is 0 Å². The highest BCUT2D eigenvalue weighted by molar-refractivity contribution is 8.01. The molecule has 0 spiro atoms. The summed E-state index contributed by atoms with van der Waals surface area (Å²) in [7, 11) is 0. The smallest absolute Gasteiger partial charge is 0.408 e. The number of aliphatic carboxylic acids is 1. The van der Waals surface area contributed by atoms with Crippen LogP contribution in [-0.4, -0.2) is 58.2 Å². The van der Waals surface area contributed by atoms with Crippen LogP contribution in [0.15, 0.2) is 23.1 Å². The van der Waals surface area contributed by atoms with Gasteiger partial charge in [0.1, 0.15) is 11.3 Å². The number of carbonyl (C=O) groups is 3. The highest BCUT2D eigenvalue weighted by atomic mass is 32.2. The molecule has 12 heteroatoms. The number of rotatable bonds is 5. The van der Waals surface area contributed by atoms with E-state index in [-0.39, 0.29) is 6.79 Å². The molecule has 1 saturated heterocycles. The largest absolute Gasteiger partial charge is 0.480 e. The van der Waals surface area contributed by atoms with Gasteiger partial charge >= 0.3 is 18.2 Å². The molecular weight excluding hydrogens is 453 g/mol. The Hall–Kier alpha value is -2.63. The fourth-order valence-corrected chi connectivity index (χ4v) is 5.59. The summed E-state index contributed by atoms with van der Waals surface area (Å²) in [5.74, 6) is -2.37. The number of ether oxygens (including phenoxy) is 2. The van der Waals surface area contributed by atoms with E-state index in [0.29, 0.717) is 47.0 Å². The van der Waals surface area contributed by atoms with Crippen molar-refractivity contribution in [1.82, 2.24) is 10.2 Å². The maximum atomic E-state index is 13.6. The molecule has 174 valence electrons. The van der Waals surface area contributed by atoms with Gasteiger partial charge in [0.2, 0.25) is 12.7 Å². The third-order valence-corrected chi connectivity index (χ3v) is 7.17. The van der Waals surface area contributed by atoms with Crippen molar-refractivity contribution in [3.63, 3.8) is 0 Å². The number of likely N-dealkylation sites (tertiary alicyclic amines) is 1. The number of thioether (sulfide) groups is 1. The second-order valence-electron chi connectivity index (χ2n) is 7.89. The van der Waals surface area contributed by atoms with Gasteiger partial charge in [-0.25, -0.2) is 14.5 Å². The SMILES string of the molecule is O=C(O)[C@@H]1[C@H](Sc2cccc3c2OCO3)C(=O)N1C(=O)N[C@@H](C1CCCCC1)C(F)(F)F. The van der Waals surface area contributed by atoms with Crippen molar-refractivity contribution in [2.45, 2.75) is 60.5 Å². The molecule has 2 heterocycles. The molecule has 2 aliphatic heterocycles. The number of hydrogen-bond donors (Lipinski definition) is 2. The number of nitrogens with one attached hydrogen (secondary N) is 1. The second kappa shape index (κ2) is 8.72. The lowest BCUT2D eigenvalue weighted by Crippen LogP contribution is -2.71. The highest BCUT2D eigenvalue weighted by Crippen LogP contribution is 2.45.